The number of amides is 1. The molecular formula is C26H35N3O2. The molecule has 2 saturated carbocycles. The van der Waals surface area contributed by atoms with Crippen molar-refractivity contribution in [2.75, 3.05) is 0 Å². The van der Waals surface area contributed by atoms with E-state index >= 15 is 0 Å². The second-order valence-corrected chi connectivity index (χ2v) is 10.7. The zero-order valence-corrected chi connectivity index (χ0v) is 19.1. The molecule has 0 radical (unpaired) electrons. The normalized spacial score (nSPS) is 38.0. The van der Waals surface area contributed by atoms with Gasteiger partial charge in [-0.3, -0.25) is 9.79 Å². The Morgan fingerprint density at radius 3 is 2.74 bits per heavy atom. The highest BCUT2D eigenvalue weighted by atomic mass is 16.3. The van der Waals surface area contributed by atoms with Crippen molar-refractivity contribution in [1.82, 2.24) is 4.90 Å². The molecule has 0 spiro atoms. The maximum absolute atomic E-state index is 13.9. The molecule has 31 heavy (non-hydrogen) atoms. The Labute approximate surface area is 186 Å². The summed E-state index contributed by atoms with van der Waals surface area (Å²) in [7, 11) is 0. The van der Waals surface area contributed by atoms with Crippen LogP contribution < -0.4 is 0 Å². The molecule has 6 atom stereocenters. The molecule has 3 fully saturated rings. The Morgan fingerprint density at radius 2 is 2.03 bits per heavy atom. The number of aliphatic imine (C=N–C) groups is 1. The van der Waals surface area contributed by atoms with Gasteiger partial charge in [-0.25, -0.2) is 0 Å². The molecule has 1 saturated heterocycles. The van der Waals surface area contributed by atoms with Crippen molar-refractivity contribution >= 4 is 11.6 Å². The average molecular weight is 422 g/mol. The number of hydrogen-bond acceptors (Lipinski definition) is 4. The highest BCUT2D eigenvalue weighted by molar-refractivity contribution is 6.41. The molecule has 5 nitrogen and oxygen atoms in total. The van der Waals surface area contributed by atoms with Gasteiger partial charge in [-0.15, -0.1) is 0 Å². The molecule has 166 valence electrons. The van der Waals surface area contributed by atoms with Gasteiger partial charge in [0.05, 0.1) is 18.2 Å². The van der Waals surface area contributed by atoms with Crippen LogP contribution in [0.4, 0.5) is 0 Å². The lowest BCUT2D eigenvalue weighted by atomic mass is 9.67. The van der Waals surface area contributed by atoms with E-state index < -0.39 is 11.0 Å². The number of nitrogens with zero attached hydrogens (tertiary/aromatic N) is 3. The minimum absolute atomic E-state index is 0.0839. The van der Waals surface area contributed by atoms with E-state index in [2.05, 4.69) is 19.9 Å². The Kier molecular flexibility index (Phi) is 5.96. The Hall–Kier alpha value is -2.19. The summed E-state index contributed by atoms with van der Waals surface area (Å²) < 4.78 is 0. The van der Waals surface area contributed by atoms with Gasteiger partial charge in [-0.2, -0.15) is 5.26 Å². The predicted octanol–water partition coefficient (Wildman–Crippen LogP) is 4.50. The number of likely N-dealkylation sites (tertiary alicyclic amines) is 1. The summed E-state index contributed by atoms with van der Waals surface area (Å²) in [5.74, 6) is 0.853. The van der Waals surface area contributed by atoms with Gasteiger partial charge in [0.2, 0.25) is 0 Å². The van der Waals surface area contributed by atoms with Crippen molar-refractivity contribution < 1.29 is 9.90 Å². The van der Waals surface area contributed by atoms with Crippen LogP contribution in [0, 0.1) is 28.6 Å². The zero-order chi connectivity index (χ0) is 22.2. The molecule has 0 aromatic heterocycles. The van der Waals surface area contributed by atoms with E-state index in [1.54, 1.807) is 0 Å². The highest BCUT2D eigenvalue weighted by Crippen LogP contribution is 2.49. The number of rotatable bonds is 4. The lowest BCUT2D eigenvalue weighted by molar-refractivity contribution is -0.125. The lowest BCUT2D eigenvalue weighted by Crippen LogP contribution is -2.50. The van der Waals surface area contributed by atoms with Gasteiger partial charge in [-0.05, 0) is 56.4 Å². The molecule has 4 rings (SSSR count). The fraction of sp³-hybridized carbons (Fsp3) is 0.654. The molecular weight excluding hydrogens is 386 g/mol. The monoisotopic (exact) mass is 421 g/mol. The van der Waals surface area contributed by atoms with E-state index in [-0.39, 0.29) is 18.0 Å². The van der Waals surface area contributed by atoms with Gasteiger partial charge in [0, 0.05) is 11.5 Å². The first-order valence-corrected chi connectivity index (χ1v) is 11.8. The summed E-state index contributed by atoms with van der Waals surface area (Å²) in [6.45, 7) is 6.63. The second kappa shape index (κ2) is 8.39. The van der Waals surface area contributed by atoms with Crippen molar-refractivity contribution in [3.63, 3.8) is 0 Å². The number of carbonyl (C=O) groups excluding carboxylic acids is 1. The number of hydrogen-bond donors (Lipinski definition) is 1. The van der Waals surface area contributed by atoms with Crippen molar-refractivity contribution in [3.05, 3.63) is 35.9 Å². The summed E-state index contributed by atoms with van der Waals surface area (Å²) in [6, 6.07) is 12.2. The van der Waals surface area contributed by atoms with E-state index in [0.29, 0.717) is 30.5 Å². The average Bonchev–Trinajstić information content (AvgIpc) is 3.36. The fourth-order valence-corrected chi connectivity index (χ4v) is 6.15. The third-order valence-corrected chi connectivity index (χ3v) is 7.51. The Bertz CT molecular complexity index is 888. The first-order chi connectivity index (χ1) is 14.7. The molecule has 1 aromatic carbocycles. The predicted molar refractivity (Wildman–Crippen MR) is 121 cm³/mol. The van der Waals surface area contributed by atoms with Crippen LogP contribution in [0.2, 0.25) is 0 Å². The fourth-order valence-electron chi connectivity index (χ4n) is 6.15. The molecule has 5 unspecified atom stereocenters. The van der Waals surface area contributed by atoms with Gasteiger partial charge in [0.1, 0.15) is 11.8 Å². The van der Waals surface area contributed by atoms with Gasteiger partial charge >= 0.3 is 0 Å². The maximum Gasteiger partial charge on any atom is 0.269 e. The largest absolute Gasteiger partial charge is 0.390 e. The number of carbonyl (C=O) groups is 1. The first kappa shape index (κ1) is 22.0. The Morgan fingerprint density at radius 1 is 1.29 bits per heavy atom. The smallest absolute Gasteiger partial charge is 0.269 e. The first-order valence-electron chi connectivity index (χ1n) is 11.8. The van der Waals surface area contributed by atoms with Crippen LogP contribution in [-0.2, 0) is 11.3 Å². The van der Waals surface area contributed by atoms with Gasteiger partial charge < -0.3 is 10.0 Å². The summed E-state index contributed by atoms with van der Waals surface area (Å²) in [4.78, 5) is 20.6. The standard InChI is InChI=1S/C26H35N3O2/c1-18-8-7-11-25(2,17-26(3,31)14-18)23(28-16-19-9-5-4-6-10-19)24(30)29-21(15-27)12-20-13-22(20)29/h4-6,9-10,18,20-22,31H,7-8,11-14,16-17H2,1-3H3/t18?,20?,21?,22?,25?,26-/m0/s1. The van der Waals surface area contributed by atoms with Crippen LogP contribution in [0.5, 0.6) is 0 Å². The molecule has 1 N–H and O–H groups in total. The maximum atomic E-state index is 13.9. The lowest BCUT2D eigenvalue weighted by Gasteiger charge is -2.41. The number of nitriles is 1. The van der Waals surface area contributed by atoms with Crippen LogP contribution in [0.1, 0.15) is 71.3 Å². The zero-order valence-electron chi connectivity index (χ0n) is 19.1. The van der Waals surface area contributed by atoms with Crippen LogP contribution in [0.3, 0.4) is 0 Å². The van der Waals surface area contributed by atoms with E-state index in [1.165, 1.54) is 0 Å². The molecule has 1 aliphatic heterocycles. The minimum Gasteiger partial charge on any atom is -0.390 e. The van der Waals surface area contributed by atoms with Gasteiger partial charge in [0.15, 0.2) is 0 Å². The summed E-state index contributed by atoms with van der Waals surface area (Å²) in [5, 5.41) is 20.9. The highest BCUT2D eigenvalue weighted by Gasteiger charge is 2.56. The summed E-state index contributed by atoms with van der Waals surface area (Å²) >= 11 is 0. The van der Waals surface area contributed by atoms with Crippen molar-refractivity contribution in [2.45, 2.75) is 89.9 Å². The molecule has 3 aliphatic rings. The number of benzene rings is 1. The van der Waals surface area contributed by atoms with Crippen molar-refractivity contribution in [2.24, 2.45) is 22.2 Å². The van der Waals surface area contributed by atoms with Crippen LogP contribution in [-0.4, -0.2) is 39.3 Å². The molecule has 2 aliphatic carbocycles. The van der Waals surface area contributed by atoms with Crippen molar-refractivity contribution in [1.29, 1.82) is 5.26 Å². The third-order valence-electron chi connectivity index (χ3n) is 7.51. The van der Waals surface area contributed by atoms with Crippen LogP contribution in [0.15, 0.2) is 35.3 Å². The van der Waals surface area contributed by atoms with E-state index in [1.807, 2.05) is 42.2 Å². The SMILES string of the molecule is CC1CCCC(C)(C(=NCc2ccccc2)C(=O)N2C(C#N)CC3CC32)C[C@@](C)(O)C1. The Balaban J connectivity index is 1.69. The van der Waals surface area contributed by atoms with Crippen molar-refractivity contribution in [3.8, 4) is 6.07 Å². The molecule has 1 aromatic rings. The quantitative estimate of drug-likeness (QED) is 0.727. The number of fused-ring (bicyclic) bond motifs is 1. The molecule has 1 heterocycles. The topological polar surface area (TPSA) is 76.7 Å². The van der Waals surface area contributed by atoms with Gasteiger partial charge in [0.25, 0.3) is 5.91 Å². The summed E-state index contributed by atoms with van der Waals surface area (Å²) in [5.41, 5.74) is 0.260. The molecule has 0 bridgehead atoms. The third kappa shape index (κ3) is 4.70. The van der Waals surface area contributed by atoms with E-state index in [9.17, 15) is 15.2 Å². The molecule has 5 heteroatoms. The molecule has 1 amide bonds. The minimum atomic E-state index is -0.843. The van der Waals surface area contributed by atoms with Gasteiger partial charge in [-0.1, -0.05) is 57.0 Å². The summed E-state index contributed by atoms with van der Waals surface area (Å²) in [6.07, 6.45) is 5.92. The van der Waals surface area contributed by atoms with Crippen LogP contribution in [0.25, 0.3) is 0 Å². The van der Waals surface area contributed by atoms with E-state index in [0.717, 1.165) is 44.1 Å². The second-order valence-electron chi connectivity index (χ2n) is 10.7. The van der Waals surface area contributed by atoms with Crippen LogP contribution >= 0.6 is 0 Å². The number of piperidine rings is 1. The van der Waals surface area contributed by atoms with E-state index in [4.69, 9.17) is 4.99 Å². The number of aliphatic hydroxyl groups is 1.